The number of rotatable bonds is 7. The van der Waals surface area contributed by atoms with Gasteiger partial charge in [0.25, 0.3) is 0 Å². The van der Waals surface area contributed by atoms with Crippen LogP contribution in [0.3, 0.4) is 0 Å². The monoisotopic (exact) mass is 279 g/mol. The van der Waals surface area contributed by atoms with Crippen molar-refractivity contribution in [1.29, 1.82) is 0 Å². The maximum absolute atomic E-state index is 11.9. The zero-order chi connectivity index (χ0) is 15.1. The number of hydrogen-bond donors (Lipinski definition) is 2. The highest BCUT2D eigenvalue weighted by molar-refractivity contribution is 5.91. The van der Waals surface area contributed by atoms with Crippen LogP contribution in [0.2, 0.25) is 0 Å². The fourth-order valence-electron chi connectivity index (χ4n) is 1.92. The van der Waals surface area contributed by atoms with Crippen LogP contribution < -0.4 is 5.32 Å². The Morgan fingerprint density at radius 2 is 1.95 bits per heavy atom. The molecule has 5 heteroatoms. The Labute approximate surface area is 118 Å². The number of carbonyl (C=O) groups is 2. The first-order chi connectivity index (χ1) is 9.45. The Kier molecular flexibility index (Phi) is 6.18. The molecular weight excluding hydrogens is 258 g/mol. The number of aromatic carboxylic acids is 1. The summed E-state index contributed by atoms with van der Waals surface area (Å²) in [5, 5.41) is 11.8. The molecule has 5 nitrogen and oxygen atoms in total. The van der Waals surface area contributed by atoms with Gasteiger partial charge in [-0.2, -0.15) is 0 Å². The van der Waals surface area contributed by atoms with Gasteiger partial charge in [0.15, 0.2) is 0 Å². The smallest absolute Gasteiger partial charge is 0.335 e. The van der Waals surface area contributed by atoms with E-state index in [1.807, 2.05) is 13.8 Å². The van der Waals surface area contributed by atoms with Crippen molar-refractivity contribution in [2.24, 2.45) is 5.92 Å². The molecule has 0 heterocycles. The van der Waals surface area contributed by atoms with Crippen molar-refractivity contribution in [1.82, 2.24) is 5.32 Å². The molecule has 0 spiro atoms. The van der Waals surface area contributed by atoms with Crippen LogP contribution in [0.4, 0.5) is 0 Å². The molecule has 0 saturated carbocycles. The molecule has 110 valence electrons. The number of ether oxygens (including phenoxy) is 1. The summed E-state index contributed by atoms with van der Waals surface area (Å²) in [6.07, 6.45) is 0.00505. The summed E-state index contributed by atoms with van der Waals surface area (Å²) in [6.45, 7) is 4.45. The van der Waals surface area contributed by atoms with Crippen molar-refractivity contribution in [2.75, 3.05) is 13.7 Å². The minimum absolute atomic E-state index is 0.0475. The summed E-state index contributed by atoms with van der Waals surface area (Å²) in [4.78, 5) is 22.9. The van der Waals surface area contributed by atoms with E-state index in [9.17, 15) is 9.59 Å². The number of carboxylic acids is 1. The molecule has 0 fully saturated rings. The summed E-state index contributed by atoms with van der Waals surface area (Å²) in [6, 6.07) is 6.52. The predicted octanol–water partition coefficient (Wildman–Crippen LogP) is 1.71. The third-order valence-corrected chi connectivity index (χ3v) is 3.15. The minimum atomic E-state index is -1.02. The van der Waals surface area contributed by atoms with Gasteiger partial charge in [0.1, 0.15) is 0 Å². The molecule has 0 aliphatic heterocycles. The lowest BCUT2D eigenvalue weighted by Gasteiger charge is -2.19. The van der Waals surface area contributed by atoms with E-state index in [2.05, 4.69) is 5.32 Å². The van der Waals surface area contributed by atoms with E-state index in [1.54, 1.807) is 25.3 Å². The second kappa shape index (κ2) is 7.65. The summed E-state index contributed by atoms with van der Waals surface area (Å²) >= 11 is 0. The third kappa shape index (κ3) is 4.66. The van der Waals surface area contributed by atoms with Crippen molar-refractivity contribution < 1.29 is 19.4 Å². The number of amides is 1. The topological polar surface area (TPSA) is 75.6 Å². The van der Waals surface area contributed by atoms with Gasteiger partial charge in [0.05, 0.1) is 18.1 Å². The molecule has 20 heavy (non-hydrogen) atoms. The summed E-state index contributed by atoms with van der Waals surface area (Å²) in [7, 11) is 1.61. The Bertz CT molecular complexity index is 471. The lowest BCUT2D eigenvalue weighted by Crippen LogP contribution is -2.36. The van der Waals surface area contributed by atoms with Crippen LogP contribution in [0, 0.1) is 5.92 Å². The lowest BCUT2D eigenvalue weighted by molar-refractivity contribution is -0.121. The van der Waals surface area contributed by atoms with Gasteiger partial charge < -0.3 is 15.2 Å². The third-order valence-electron chi connectivity index (χ3n) is 3.15. The van der Waals surface area contributed by atoms with Crippen molar-refractivity contribution in [3.63, 3.8) is 0 Å². The molecule has 1 unspecified atom stereocenters. The molecule has 1 rings (SSSR count). The molecule has 0 aliphatic rings. The number of nitrogens with one attached hydrogen (secondary N) is 1. The molecule has 2 N–H and O–H groups in total. The largest absolute Gasteiger partial charge is 0.478 e. The normalized spacial score (nSPS) is 12.2. The molecule has 0 bridgehead atoms. The van der Waals surface area contributed by atoms with Gasteiger partial charge in [-0.3, -0.25) is 4.79 Å². The summed E-state index contributed by atoms with van der Waals surface area (Å²) < 4.78 is 5.27. The standard InChI is InChI=1S/C15H21NO4/c1-10(2)13(20-3)9-16-14(17)8-11-6-4-5-7-12(11)15(18)19/h4-7,10,13H,8-9H2,1-3H3,(H,16,17)(H,18,19). The Hall–Kier alpha value is -1.88. The second-order valence-electron chi connectivity index (χ2n) is 4.96. The predicted molar refractivity (Wildman–Crippen MR) is 75.8 cm³/mol. The van der Waals surface area contributed by atoms with E-state index in [1.165, 1.54) is 6.07 Å². The molecule has 1 amide bonds. The molecular formula is C15H21NO4. The molecule has 1 atom stereocenters. The number of hydrogen-bond acceptors (Lipinski definition) is 3. The first kappa shape index (κ1) is 16.2. The van der Waals surface area contributed by atoms with Crippen LogP contribution in [-0.2, 0) is 16.0 Å². The van der Waals surface area contributed by atoms with E-state index in [4.69, 9.17) is 9.84 Å². The minimum Gasteiger partial charge on any atom is -0.478 e. The number of carboxylic acid groups (broad SMARTS) is 1. The highest BCUT2D eigenvalue weighted by Crippen LogP contribution is 2.10. The van der Waals surface area contributed by atoms with Crippen molar-refractivity contribution in [2.45, 2.75) is 26.4 Å². The molecule has 1 aromatic carbocycles. The van der Waals surface area contributed by atoms with Gasteiger partial charge in [-0.1, -0.05) is 32.0 Å². The van der Waals surface area contributed by atoms with Gasteiger partial charge in [0, 0.05) is 13.7 Å². The zero-order valence-electron chi connectivity index (χ0n) is 12.1. The molecule has 0 aromatic heterocycles. The summed E-state index contributed by atoms with van der Waals surface area (Å²) in [5.74, 6) is -0.932. The van der Waals surface area contributed by atoms with Crippen LogP contribution >= 0.6 is 0 Å². The quantitative estimate of drug-likeness (QED) is 0.796. The number of carbonyl (C=O) groups excluding carboxylic acids is 1. The number of benzene rings is 1. The zero-order valence-corrected chi connectivity index (χ0v) is 12.1. The van der Waals surface area contributed by atoms with E-state index < -0.39 is 5.97 Å². The van der Waals surface area contributed by atoms with Crippen molar-refractivity contribution >= 4 is 11.9 Å². The highest BCUT2D eigenvalue weighted by atomic mass is 16.5. The van der Waals surface area contributed by atoms with Crippen LogP contribution in [0.25, 0.3) is 0 Å². The van der Waals surface area contributed by atoms with E-state index >= 15 is 0 Å². The molecule has 0 saturated heterocycles. The Balaban J connectivity index is 2.61. The average molecular weight is 279 g/mol. The van der Waals surface area contributed by atoms with Gasteiger partial charge in [-0.15, -0.1) is 0 Å². The van der Waals surface area contributed by atoms with E-state index in [0.29, 0.717) is 18.0 Å². The van der Waals surface area contributed by atoms with Crippen LogP contribution in [0.1, 0.15) is 29.8 Å². The van der Waals surface area contributed by atoms with Crippen molar-refractivity contribution in [3.05, 3.63) is 35.4 Å². The molecule has 0 radical (unpaired) electrons. The summed E-state index contributed by atoms with van der Waals surface area (Å²) in [5.41, 5.74) is 0.672. The Morgan fingerprint density at radius 3 is 2.50 bits per heavy atom. The average Bonchev–Trinajstić information content (AvgIpc) is 2.39. The van der Waals surface area contributed by atoms with Crippen LogP contribution in [0.5, 0.6) is 0 Å². The lowest BCUT2D eigenvalue weighted by atomic mass is 10.0. The highest BCUT2D eigenvalue weighted by Gasteiger charge is 2.15. The maximum Gasteiger partial charge on any atom is 0.335 e. The first-order valence-electron chi connectivity index (χ1n) is 6.56. The first-order valence-corrected chi connectivity index (χ1v) is 6.56. The van der Waals surface area contributed by atoms with Gasteiger partial charge in [-0.05, 0) is 17.5 Å². The SMILES string of the molecule is COC(CNC(=O)Cc1ccccc1C(=O)O)C(C)C. The molecule has 1 aromatic rings. The number of methoxy groups -OCH3 is 1. The van der Waals surface area contributed by atoms with Gasteiger partial charge in [-0.25, -0.2) is 4.79 Å². The van der Waals surface area contributed by atoms with Crippen LogP contribution in [-0.4, -0.2) is 36.7 Å². The maximum atomic E-state index is 11.9. The Morgan fingerprint density at radius 1 is 1.30 bits per heavy atom. The fraction of sp³-hybridized carbons (Fsp3) is 0.467. The van der Waals surface area contributed by atoms with Gasteiger partial charge in [0.2, 0.25) is 5.91 Å². The second-order valence-corrected chi connectivity index (χ2v) is 4.96. The molecule has 0 aliphatic carbocycles. The van der Waals surface area contributed by atoms with Gasteiger partial charge >= 0.3 is 5.97 Å². The van der Waals surface area contributed by atoms with Crippen molar-refractivity contribution in [3.8, 4) is 0 Å². The fourth-order valence-corrected chi connectivity index (χ4v) is 1.92. The van der Waals surface area contributed by atoms with E-state index in [0.717, 1.165) is 0 Å². The van der Waals surface area contributed by atoms with Crippen LogP contribution in [0.15, 0.2) is 24.3 Å². The van der Waals surface area contributed by atoms with E-state index in [-0.39, 0.29) is 24.0 Å².